The molecule has 0 atom stereocenters. The van der Waals surface area contributed by atoms with Crippen molar-refractivity contribution >= 4 is 11.9 Å². The summed E-state index contributed by atoms with van der Waals surface area (Å²) >= 11 is 0. The first-order valence-corrected chi connectivity index (χ1v) is 12.5. The molecular formula is C28H26N8O6. The fourth-order valence-electron chi connectivity index (χ4n) is 3.37. The highest BCUT2D eigenvalue weighted by Crippen LogP contribution is 2.30. The van der Waals surface area contributed by atoms with Crippen LogP contribution in [0.15, 0.2) is 36.8 Å². The lowest BCUT2D eigenvalue weighted by Crippen LogP contribution is -2.15. The van der Waals surface area contributed by atoms with Crippen molar-refractivity contribution < 1.29 is 29.3 Å². The normalized spacial score (nSPS) is 11.0. The number of carbonyl (C=O) groups is 2. The maximum absolute atomic E-state index is 11.2. The van der Waals surface area contributed by atoms with Crippen LogP contribution in [0.1, 0.15) is 72.6 Å². The van der Waals surface area contributed by atoms with E-state index in [0.29, 0.717) is 16.9 Å². The van der Waals surface area contributed by atoms with Gasteiger partial charge in [0.2, 0.25) is 17.3 Å². The molecule has 0 aliphatic rings. The van der Waals surface area contributed by atoms with Gasteiger partial charge in [-0.2, -0.15) is 0 Å². The van der Waals surface area contributed by atoms with Crippen molar-refractivity contribution in [2.45, 2.75) is 40.5 Å². The summed E-state index contributed by atoms with van der Waals surface area (Å²) in [5, 5.41) is 36.9. The summed E-state index contributed by atoms with van der Waals surface area (Å²) < 4.78 is 10.9. The van der Waals surface area contributed by atoms with E-state index in [1.165, 1.54) is 12.4 Å². The average molecular weight is 571 g/mol. The van der Waals surface area contributed by atoms with Gasteiger partial charge in [-0.3, -0.25) is 4.98 Å². The summed E-state index contributed by atoms with van der Waals surface area (Å²) in [7, 11) is 0. The molecule has 14 heteroatoms. The summed E-state index contributed by atoms with van der Waals surface area (Å²) in [6.45, 7) is 8.18. The van der Waals surface area contributed by atoms with Gasteiger partial charge >= 0.3 is 11.9 Å². The molecule has 0 unspecified atom stereocenters. The van der Waals surface area contributed by atoms with E-state index in [2.05, 4.69) is 64.5 Å². The molecule has 4 aromatic rings. The SMILES string of the molecule is CC(C)(C#Cc1ccc(Oc2[nH]nnc2C(=O)O)nc1)CCC(C)(C)C#Cc1cncc(Oc2[nH]nnc2C(=O)O)c1. The average Bonchev–Trinajstić information content (AvgIpc) is 3.61. The van der Waals surface area contributed by atoms with Crippen molar-refractivity contribution in [2.24, 2.45) is 10.8 Å². The van der Waals surface area contributed by atoms with Gasteiger partial charge in [0, 0.05) is 40.4 Å². The zero-order chi connectivity index (χ0) is 30.3. The summed E-state index contributed by atoms with van der Waals surface area (Å²) in [6.07, 6.45) is 6.10. The van der Waals surface area contributed by atoms with Crippen molar-refractivity contribution in [3.63, 3.8) is 0 Å². The lowest BCUT2D eigenvalue weighted by molar-refractivity contribution is 0.0676. The molecule has 0 aliphatic carbocycles. The molecule has 0 aromatic carbocycles. The second kappa shape index (κ2) is 12.2. The van der Waals surface area contributed by atoms with Crippen molar-refractivity contribution in [3.05, 3.63) is 59.3 Å². The van der Waals surface area contributed by atoms with Crippen molar-refractivity contribution in [1.29, 1.82) is 0 Å². The Hall–Kier alpha value is -5.76. The number of carboxylic acids is 2. The minimum absolute atomic E-state index is 0.0980. The molecule has 0 fully saturated rings. The number of aromatic carboxylic acids is 2. The predicted molar refractivity (Wildman–Crippen MR) is 146 cm³/mol. The number of H-pyrrole nitrogens is 2. The third-order valence-electron chi connectivity index (χ3n) is 5.78. The van der Waals surface area contributed by atoms with E-state index in [0.717, 1.165) is 12.8 Å². The molecule has 42 heavy (non-hydrogen) atoms. The summed E-state index contributed by atoms with van der Waals surface area (Å²) in [5.41, 5.74) is -0.0515. The zero-order valence-electron chi connectivity index (χ0n) is 23.1. The summed E-state index contributed by atoms with van der Waals surface area (Å²) in [4.78, 5) is 30.6. The Balaban J connectivity index is 1.35. The fourth-order valence-corrected chi connectivity index (χ4v) is 3.37. The van der Waals surface area contributed by atoms with Gasteiger partial charge in [-0.1, -0.05) is 34.1 Å². The number of ether oxygens (including phenoxy) is 2. The van der Waals surface area contributed by atoms with Crippen LogP contribution in [-0.2, 0) is 0 Å². The van der Waals surface area contributed by atoms with Crippen LogP contribution < -0.4 is 9.47 Å². The van der Waals surface area contributed by atoms with Gasteiger partial charge < -0.3 is 19.7 Å². The van der Waals surface area contributed by atoms with Crippen LogP contribution in [0, 0.1) is 34.5 Å². The maximum Gasteiger partial charge on any atom is 0.362 e. The second-order valence-electron chi connectivity index (χ2n) is 10.4. The van der Waals surface area contributed by atoms with E-state index < -0.39 is 11.9 Å². The molecule has 14 nitrogen and oxygen atoms in total. The number of rotatable bonds is 9. The molecule has 0 saturated carbocycles. The van der Waals surface area contributed by atoms with Crippen LogP contribution in [0.3, 0.4) is 0 Å². The van der Waals surface area contributed by atoms with E-state index in [4.69, 9.17) is 19.7 Å². The van der Waals surface area contributed by atoms with Crippen LogP contribution in [0.25, 0.3) is 0 Å². The Morgan fingerprint density at radius 2 is 1.38 bits per heavy atom. The van der Waals surface area contributed by atoms with Crippen LogP contribution in [0.4, 0.5) is 0 Å². The first-order chi connectivity index (χ1) is 19.9. The minimum atomic E-state index is -1.27. The van der Waals surface area contributed by atoms with E-state index in [1.54, 1.807) is 24.4 Å². The van der Waals surface area contributed by atoms with Gasteiger partial charge in [0.15, 0.2) is 0 Å². The van der Waals surface area contributed by atoms with Crippen molar-refractivity contribution in [1.82, 2.24) is 40.8 Å². The van der Waals surface area contributed by atoms with Crippen LogP contribution in [0.5, 0.6) is 23.4 Å². The largest absolute Gasteiger partial charge is 0.476 e. The third kappa shape index (κ3) is 7.89. The number of pyridine rings is 2. The Bertz CT molecular complexity index is 1720. The van der Waals surface area contributed by atoms with Crippen molar-refractivity contribution in [2.75, 3.05) is 0 Å². The van der Waals surface area contributed by atoms with Gasteiger partial charge in [0.25, 0.3) is 11.8 Å². The number of nitrogens with one attached hydrogen (secondary N) is 2. The molecule has 0 bridgehead atoms. The highest BCUT2D eigenvalue weighted by atomic mass is 16.5. The number of hydrogen-bond donors (Lipinski definition) is 4. The molecule has 4 aromatic heterocycles. The number of nitrogens with zero attached hydrogens (tertiary/aromatic N) is 6. The summed E-state index contributed by atoms with van der Waals surface area (Å²) in [5.74, 6) is 10.5. The Labute approximate surface area is 239 Å². The van der Waals surface area contributed by atoms with Gasteiger partial charge in [0.05, 0.1) is 6.20 Å². The number of carboxylic acid groups (broad SMARTS) is 2. The molecule has 0 saturated heterocycles. The Kier molecular flexibility index (Phi) is 8.48. The Morgan fingerprint density at radius 3 is 1.93 bits per heavy atom. The molecular weight excluding hydrogens is 544 g/mol. The standard InChI is InChI=1S/C28H26N8O6/c1-27(2,9-7-17-5-6-20(30-15-17)42-24-22(26(39)40)32-36-34-24)11-12-28(3,4)10-8-18-13-19(16-29-14-18)41-23-21(25(37)38)31-35-33-23/h5-6,13-16H,11-12H2,1-4H3,(H,37,38)(H,39,40)(H,31,33,35)(H,32,34,36). The molecule has 4 heterocycles. The van der Waals surface area contributed by atoms with Crippen LogP contribution in [0.2, 0.25) is 0 Å². The highest BCUT2D eigenvalue weighted by Gasteiger charge is 2.22. The first-order valence-electron chi connectivity index (χ1n) is 12.5. The first kappa shape index (κ1) is 29.2. The molecule has 4 N–H and O–H groups in total. The quantitative estimate of drug-likeness (QED) is 0.211. The second-order valence-corrected chi connectivity index (χ2v) is 10.4. The maximum atomic E-state index is 11.2. The molecule has 0 amide bonds. The Morgan fingerprint density at radius 1 is 0.810 bits per heavy atom. The van der Waals surface area contributed by atoms with E-state index in [9.17, 15) is 9.59 Å². The third-order valence-corrected chi connectivity index (χ3v) is 5.78. The fraction of sp³-hybridized carbons (Fsp3) is 0.286. The van der Waals surface area contributed by atoms with Gasteiger partial charge in [-0.15, -0.1) is 10.2 Å². The molecule has 0 aliphatic heterocycles. The van der Waals surface area contributed by atoms with Crippen LogP contribution >= 0.6 is 0 Å². The molecule has 0 spiro atoms. The van der Waals surface area contributed by atoms with Gasteiger partial charge in [-0.25, -0.2) is 24.8 Å². The molecule has 0 radical (unpaired) electrons. The van der Waals surface area contributed by atoms with E-state index in [-0.39, 0.29) is 39.9 Å². The van der Waals surface area contributed by atoms with Crippen molar-refractivity contribution in [3.8, 4) is 47.1 Å². The molecule has 214 valence electrons. The van der Waals surface area contributed by atoms with E-state index >= 15 is 0 Å². The smallest absolute Gasteiger partial charge is 0.362 e. The zero-order valence-corrected chi connectivity index (χ0v) is 23.1. The summed E-state index contributed by atoms with van der Waals surface area (Å²) in [6, 6.07) is 4.95. The number of aromatic amines is 2. The lowest BCUT2D eigenvalue weighted by Gasteiger charge is -2.24. The topological polar surface area (TPSA) is 202 Å². The lowest BCUT2D eigenvalue weighted by atomic mass is 9.79. The minimum Gasteiger partial charge on any atom is -0.476 e. The van der Waals surface area contributed by atoms with Gasteiger partial charge in [-0.05, 0) is 52.7 Å². The number of aromatic nitrogens is 8. The highest BCUT2D eigenvalue weighted by molar-refractivity contribution is 5.88. The van der Waals surface area contributed by atoms with Crippen LogP contribution in [-0.4, -0.2) is 62.9 Å². The molecule has 4 rings (SSSR count). The van der Waals surface area contributed by atoms with Gasteiger partial charge in [0.1, 0.15) is 5.75 Å². The number of hydrogen-bond acceptors (Lipinski definition) is 10. The monoisotopic (exact) mass is 570 g/mol. The predicted octanol–water partition coefficient (Wildman–Crippen LogP) is 3.93. The van der Waals surface area contributed by atoms with E-state index in [1.807, 2.05) is 27.7 Å².